The highest BCUT2D eigenvalue weighted by Crippen LogP contribution is 2.32. The minimum atomic E-state index is -0.603. The lowest BCUT2D eigenvalue weighted by Crippen LogP contribution is -2.56. The van der Waals surface area contributed by atoms with Crippen molar-refractivity contribution >= 4 is 23.5 Å². The lowest BCUT2D eigenvalue weighted by Gasteiger charge is -2.42. The van der Waals surface area contributed by atoms with Crippen LogP contribution in [0.15, 0.2) is 6.08 Å². The number of aromatic nitrogens is 2. The van der Waals surface area contributed by atoms with Crippen LogP contribution in [0.25, 0.3) is 5.57 Å². The molecule has 8 heteroatoms. The molecule has 0 aromatic carbocycles. The Hall–Kier alpha value is -1.67. The summed E-state index contributed by atoms with van der Waals surface area (Å²) < 4.78 is 26.2. The molecule has 1 aromatic rings. The van der Waals surface area contributed by atoms with Gasteiger partial charge in [0.2, 0.25) is 6.23 Å². The van der Waals surface area contributed by atoms with Gasteiger partial charge < -0.3 is 14.2 Å². The third kappa shape index (κ3) is 6.96. The van der Waals surface area contributed by atoms with Crippen molar-refractivity contribution in [3.8, 4) is 5.88 Å². The van der Waals surface area contributed by atoms with Crippen molar-refractivity contribution in [3.63, 3.8) is 0 Å². The maximum atomic E-state index is 12.1. The van der Waals surface area contributed by atoms with Gasteiger partial charge in [0.05, 0.1) is 38.0 Å². The summed E-state index contributed by atoms with van der Waals surface area (Å²) in [5.74, 6) is 0.624. The number of quaternary nitrogens is 1. The van der Waals surface area contributed by atoms with Crippen molar-refractivity contribution in [1.82, 2.24) is 8.75 Å². The Labute approximate surface area is 179 Å². The van der Waals surface area contributed by atoms with E-state index in [9.17, 15) is 4.79 Å². The Balaban J connectivity index is 2.03. The van der Waals surface area contributed by atoms with Crippen LogP contribution in [0.3, 0.4) is 0 Å². The third-order valence-corrected chi connectivity index (χ3v) is 5.68. The van der Waals surface area contributed by atoms with Gasteiger partial charge in [-0.3, -0.25) is 4.48 Å². The molecule has 29 heavy (non-hydrogen) atoms. The Bertz CT molecular complexity index is 677. The number of hydrogen-bond acceptors (Lipinski definition) is 7. The zero-order chi connectivity index (χ0) is 21.3. The van der Waals surface area contributed by atoms with Gasteiger partial charge in [0.15, 0.2) is 0 Å². The maximum Gasteiger partial charge on any atom is 0.513 e. The van der Waals surface area contributed by atoms with E-state index in [1.165, 1.54) is 31.0 Å². The summed E-state index contributed by atoms with van der Waals surface area (Å²) in [5.41, 5.74) is 1.93. The van der Waals surface area contributed by atoms with E-state index in [2.05, 4.69) is 28.8 Å². The van der Waals surface area contributed by atoms with Crippen molar-refractivity contribution in [1.29, 1.82) is 0 Å². The van der Waals surface area contributed by atoms with Gasteiger partial charge in [0, 0.05) is 18.4 Å². The van der Waals surface area contributed by atoms with Gasteiger partial charge in [0.1, 0.15) is 12.2 Å². The highest BCUT2D eigenvalue weighted by molar-refractivity contribution is 6.99. The second kappa shape index (κ2) is 11.5. The number of likely N-dealkylation sites (N-methyl/N-ethyl adjacent to an activating group) is 1. The van der Waals surface area contributed by atoms with Gasteiger partial charge in [-0.2, -0.15) is 4.37 Å². The van der Waals surface area contributed by atoms with E-state index in [1.54, 1.807) is 0 Å². The van der Waals surface area contributed by atoms with E-state index in [0.717, 1.165) is 30.7 Å². The van der Waals surface area contributed by atoms with Crippen LogP contribution in [-0.2, 0) is 9.47 Å². The minimum Gasteiger partial charge on any atom is -0.475 e. The fraction of sp³-hybridized carbons (Fsp3) is 0.762. The zero-order valence-corrected chi connectivity index (χ0v) is 19.3. The van der Waals surface area contributed by atoms with E-state index < -0.39 is 6.16 Å². The summed E-state index contributed by atoms with van der Waals surface area (Å²) in [6.45, 7) is 10.1. The van der Waals surface area contributed by atoms with E-state index in [1.807, 2.05) is 20.8 Å². The lowest BCUT2D eigenvalue weighted by atomic mass is 10.0. The average molecular weight is 427 g/mol. The van der Waals surface area contributed by atoms with E-state index in [0.29, 0.717) is 29.9 Å². The van der Waals surface area contributed by atoms with E-state index >= 15 is 0 Å². The van der Waals surface area contributed by atoms with E-state index in [4.69, 9.17) is 14.2 Å². The molecule has 0 spiro atoms. The summed E-state index contributed by atoms with van der Waals surface area (Å²) in [4.78, 5) is 12.1. The topological polar surface area (TPSA) is 70.5 Å². The Morgan fingerprint density at radius 2 is 2.00 bits per heavy atom. The van der Waals surface area contributed by atoms with Crippen molar-refractivity contribution in [2.75, 3.05) is 26.7 Å². The molecule has 2 rings (SSSR count). The summed E-state index contributed by atoms with van der Waals surface area (Å²) in [6, 6.07) is 0. The van der Waals surface area contributed by atoms with Gasteiger partial charge in [0.25, 0.3) is 5.88 Å². The smallest absolute Gasteiger partial charge is 0.475 e. The molecular weight excluding hydrogens is 390 g/mol. The Kier molecular flexibility index (Phi) is 9.36. The summed E-state index contributed by atoms with van der Waals surface area (Å²) in [7, 11) is 2.12. The fourth-order valence-electron chi connectivity index (χ4n) is 3.64. The van der Waals surface area contributed by atoms with Crippen LogP contribution in [-0.4, -0.2) is 58.5 Å². The fourth-order valence-corrected chi connectivity index (χ4v) is 4.17. The van der Waals surface area contributed by atoms with Crippen molar-refractivity contribution in [2.45, 2.75) is 78.6 Å². The molecule has 0 aliphatic carbocycles. The first-order valence-electron chi connectivity index (χ1n) is 10.8. The molecule has 1 aliphatic rings. The molecular formula is C21H36N3O4S+. The van der Waals surface area contributed by atoms with Gasteiger partial charge in [-0.05, 0) is 20.3 Å². The monoisotopic (exact) mass is 426 g/mol. The lowest BCUT2D eigenvalue weighted by molar-refractivity contribution is -0.947. The molecule has 0 bridgehead atoms. The molecule has 0 N–H and O–H groups in total. The minimum absolute atomic E-state index is 0.194. The van der Waals surface area contributed by atoms with Gasteiger partial charge in [-0.25, -0.2) is 4.79 Å². The number of rotatable bonds is 11. The number of nitrogens with zero attached hydrogens (tertiary/aromatic N) is 3. The molecule has 0 radical (unpaired) electrons. The normalized spacial score (nSPS) is 20.3. The van der Waals surface area contributed by atoms with Crippen molar-refractivity contribution in [2.24, 2.45) is 0 Å². The Morgan fingerprint density at radius 1 is 1.21 bits per heavy atom. The second-order valence-corrected chi connectivity index (χ2v) is 8.63. The standard InChI is InChI=1S/C21H36N3O4S/c1-6-8-9-10-14-26-20-19(22-29-23-20)17-12-11-13-24(5,15-17)18(7-2)28-21(25)27-16(3)4/h12,16,18H,6-11,13-15H2,1-5H3/q+1. The van der Waals surface area contributed by atoms with Crippen molar-refractivity contribution in [3.05, 3.63) is 11.8 Å². The number of hydrogen-bond donors (Lipinski definition) is 0. The number of unbranched alkanes of at least 4 members (excludes halogenated alkanes) is 3. The van der Waals surface area contributed by atoms with Crippen LogP contribution in [0.4, 0.5) is 4.79 Å². The zero-order valence-electron chi connectivity index (χ0n) is 18.5. The molecule has 2 heterocycles. The summed E-state index contributed by atoms with van der Waals surface area (Å²) in [6.07, 6.45) is 7.38. The molecule has 0 amide bonds. The van der Waals surface area contributed by atoms with Crippen LogP contribution in [0, 0.1) is 0 Å². The van der Waals surface area contributed by atoms with Gasteiger partial charge in [-0.1, -0.05) is 39.2 Å². The molecule has 2 atom stereocenters. The van der Waals surface area contributed by atoms with Gasteiger partial charge >= 0.3 is 6.16 Å². The highest BCUT2D eigenvalue weighted by Gasteiger charge is 2.38. The molecule has 1 aromatic heterocycles. The third-order valence-electron chi connectivity index (χ3n) is 5.17. The van der Waals surface area contributed by atoms with Crippen LogP contribution in [0.1, 0.15) is 71.9 Å². The predicted octanol–water partition coefficient (Wildman–Crippen LogP) is 5.03. The van der Waals surface area contributed by atoms with E-state index in [-0.39, 0.29) is 12.3 Å². The summed E-state index contributed by atoms with van der Waals surface area (Å²) in [5, 5.41) is 0. The number of ether oxygens (including phenoxy) is 3. The molecule has 2 unspecified atom stereocenters. The first-order valence-corrected chi connectivity index (χ1v) is 11.5. The van der Waals surface area contributed by atoms with Crippen molar-refractivity contribution < 1.29 is 23.5 Å². The summed E-state index contributed by atoms with van der Waals surface area (Å²) >= 11 is 1.18. The van der Waals surface area contributed by atoms with Crippen LogP contribution < -0.4 is 4.74 Å². The molecule has 0 fully saturated rings. The average Bonchev–Trinajstić information content (AvgIpc) is 3.14. The van der Waals surface area contributed by atoms with Crippen LogP contribution in [0.2, 0.25) is 0 Å². The number of carbonyl (C=O) groups is 1. The highest BCUT2D eigenvalue weighted by atomic mass is 32.1. The van der Waals surface area contributed by atoms with Crippen LogP contribution >= 0.6 is 11.7 Å². The Morgan fingerprint density at radius 3 is 2.69 bits per heavy atom. The molecule has 0 saturated heterocycles. The van der Waals surface area contributed by atoms with Crippen LogP contribution in [0.5, 0.6) is 5.88 Å². The molecule has 164 valence electrons. The SMILES string of the molecule is CCCCCCOc1nsnc1C1=CCC[N+](C)(C(CC)OC(=O)OC(C)C)C1. The molecule has 0 saturated carbocycles. The second-order valence-electron chi connectivity index (χ2n) is 8.10. The first-order chi connectivity index (χ1) is 13.9. The first kappa shape index (κ1) is 23.6. The number of carbonyl (C=O) groups excluding carboxylic acids is 1. The van der Waals surface area contributed by atoms with Gasteiger partial charge in [-0.15, -0.1) is 4.37 Å². The quantitative estimate of drug-likeness (QED) is 0.281. The predicted molar refractivity (Wildman–Crippen MR) is 115 cm³/mol. The maximum absolute atomic E-state index is 12.1. The molecule has 7 nitrogen and oxygen atoms in total. The largest absolute Gasteiger partial charge is 0.513 e. The molecule has 1 aliphatic heterocycles.